The lowest BCUT2D eigenvalue weighted by atomic mass is 9.87. The van der Waals surface area contributed by atoms with Crippen molar-refractivity contribution in [3.63, 3.8) is 0 Å². The number of benzene rings is 1. The van der Waals surface area contributed by atoms with Gasteiger partial charge in [0.25, 0.3) is 0 Å². The van der Waals surface area contributed by atoms with Gasteiger partial charge in [-0.1, -0.05) is 54.6 Å². The molecule has 0 heterocycles. The Balaban J connectivity index is 2.15. The highest BCUT2D eigenvalue weighted by Gasteiger charge is 2.38. The number of aliphatic hydroxyl groups is 2. The Morgan fingerprint density at radius 1 is 1.22 bits per heavy atom. The van der Waals surface area contributed by atoms with Crippen molar-refractivity contribution >= 4 is 11.9 Å². The molecule has 0 spiro atoms. The van der Waals surface area contributed by atoms with Gasteiger partial charge in [-0.3, -0.25) is 4.79 Å². The molecule has 0 fully saturated rings. The molecule has 0 radical (unpaired) electrons. The van der Waals surface area contributed by atoms with E-state index in [1.807, 2.05) is 30.3 Å². The van der Waals surface area contributed by atoms with Crippen LogP contribution in [0.5, 0.6) is 0 Å². The molecule has 2 unspecified atom stereocenters. The van der Waals surface area contributed by atoms with Crippen LogP contribution < -0.4 is 0 Å². The van der Waals surface area contributed by atoms with E-state index in [1.165, 1.54) is 18.2 Å². The van der Waals surface area contributed by atoms with Crippen LogP contribution in [-0.2, 0) is 4.79 Å². The summed E-state index contributed by atoms with van der Waals surface area (Å²) >= 11 is 0. The van der Waals surface area contributed by atoms with Crippen LogP contribution in [0.1, 0.15) is 5.56 Å². The topological polar surface area (TPSA) is 57.5 Å². The highest BCUT2D eigenvalue weighted by atomic mass is 16.3. The van der Waals surface area contributed by atoms with Crippen molar-refractivity contribution in [1.82, 2.24) is 0 Å². The largest absolute Gasteiger partial charge is 0.385 e. The number of rotatable bonds is 3. The highest BCUT2D eigenvalue weighted by molar-refractivity contribution is 6.02. The molecule has 3 nitrogen and oxygen atoms in total. The van der Waals surface area contributed by atoms with Crippen LogP contribution in [0.25, 0.3) is 6.08 Å². The summed E-state index contributed by atoms with van der Waals surface area (Å²) < 4.78 is 0. The molecule has 0 aromatic heterocycles. The van der Waals surface area contributed by atoms with Crippen molar-refractivity contribution in [2.75, 3.05) is 0 Å². The number of carbonyl (C=O) groups excluding carboxylic acids is 1. The fourth-order valence-corrected chi connectivity index (χ4v) is 1.71. The van der Waals surface area contributed by atoms with Gasteiger partial charge in [-0.15, -0.1) is 0 Å². The minimum absolute atomic E-state index is 0.542. The van der Waals surface area contributed by atoms with Crippen LogP contribution >= 0.6 is 0 Å². The first-order chi connectivity index (χ1) is 8.63. The van der Waals surface area contributed by atoms with Crippen molar-refractivity contribution < 1.29 is 15.0 Å². The molecule has 0 saturated heterocycles. The summed E-state index contributed by atoms with van der Waals surface area (Å²) in [6.07, 6.45) is 7.49. The monoisotopic (exact) mass is 242 g/mol. The molecular weight excluding hydrogens is 228 g/mol. The fourth-order valence-electron chi connectivity index (χ4n) is 1.71. The molecule has 3 heteroatoms. The van der Waals surface area contributed by atoms with Crippen molar-refractivity contribution in [1.29, 1.82) is 0 Å². The molecule has 0 bridgehead atoms. The van der Waals surface area contributed by atoms with Gasteiger partial charge in [-0.05, 0) is 17.7 Å². The number of allylic oxidation sites excluding steroid dienone is 2. The maximum Gasteiger partial charge on any atom is 0.194 e. The van der Waals surface area contributed by atoms with Crippen LogP contribution in [0.2, 0.25) is 0 Å². The van der Waals surface area contributed by atoms with Crippen molar-refractivity contribution in [2.24, 2.45) is 0 Å². The molecule has 2 rings (SSSR count). The molecule has 0 amide bonds. The Bertz CT molecular complexity index is 514. The van der Waals surface area contributed by atoms with E-state index < -0.39 is 17.5 Å². The van der Waals surface area contributed by atoms with E-state index in [1.54, 1.807) is 18.2 Å². The van der Waals surface area contributed by atoms with E-state index in [9.17, 15) is 15.0 Å². The first-order valence-electron chi connectivity index (χ1n) is 5.67. The molecule has 2 N–H and O–H groups in total. The molecular formula is C15H14O3. The minimum Gasteiger partial charge on any atom is -0.385 e. The molecule has 0 aliphatic heterocycles. The number of aliphatic hydroxyl groups excluding tert-OH is 1. The van der Waals surface area contributed by atoms with E-state index in [-0.39, 0.29) is 0 Å². The highest BCUT2D eigenvalue weighted by Crippen LogP contribution is 2.20. The molecule has 92 valence electrons. The van der Waals surface area contributed by atoms with Crippen molar-refractivity contribution in [3.05, 3.63) is 66.3 Å². The predicted octanol–water partition coefficient (Wildman–Crippen LogP) is 1.49. The summed E-state index contributed by atoms with van der Waals surface area (Å²) in [6, 6.07) is 9.29. The zero-order valence-electron chi connectivity index (χ0n) is 9.73. The van der Waals surface area contributed by atoms with Crippen LogP contribution in [0.4, 0.5) is 0 Å². The third-order valence-corrected chi connectivity index (χ3v) is 2.83. The second kappa shape index (κ2) is 5.12. The fraction of sp³-hybridized carbons (Fsp3) is 0.133. The molecule has 0 saturated carbocycles. The quantitative estimate of drug-likeness (QED) is 0.789. The summed E-state index contributed by atoms with van der Waals surface area (Å²) in [5, 5.41) is 19.8. The Morgan fingerprint density at radius 3 is 2.61 bits per heavy atom. The molecule has 1 aromatic carbocycles. The van der Waals surface area contributed by atoms with Gasteiger partial charge in [0.15, 0.2) is 11.4 Å². The molecule has 1 aliphatic rings. The zero-order valence-corrected chi connectivity index (χ0v) is 9.73. The van der Waals surface area contributed by atoms with Gasteiger partial charge in [0.1, 0.15) is 6.10 Å². The first-order valence-corrected chi connectivity index (χ1v) is 5.67. The molecule has 18 heavy (non-hydrogen) atoms. The Labute approximate surface area is 105 Å². The van der Waals surface area contributed by atoms with Gasteiger partial charge < -0.3 is 10.2 Å². The van der Waals surface area contributed by atoms with Gasteiger partial charge in [-0.2, -0.15) is 0 Å². The smallest absolute Gasteiger partial charge is 0.194 e. The number of carbonyl (C=O) groups is 1. The Hall–Kier alpha value is -1.97. The van der Waals surface area contributed by atoms with E-state index >= 15 is 0 Å². The normalized spacial score (nSPS) is 26.7. The third kappa shape index (κ3) is 2.47. The van der Waals surface area contributed by atoms with E-state index in [0.29, 0.717) is 0 Å². The molecule has 1 aliphatic carbocycles. The van der Waals surface area contributed by atoms with Gasteiger partial charge in [0.2, 0.25) is 0 Å². The standard InChI is InChI=1S/C15H14O3/c16-13-8-4-5-11-15(13,18)14(17)10-9-12-6-2-1-3-7-12/h1-11,13,16,18H. The molecule has 1 aromatic rings. The van der Waals surface area contributed by atoms with E-state index in [0.717, 1.165) is 5.56 Å². The lowest BCUT2D eigenvalue weighted by Gasteiger charge is -2.27. The summed E-state index contributed by atoms with van der Waals surface area (Å²) in [5.74, 6) is -0.542. The van der Waals surface area contributed by atoms with Crippen LogP contribution in [0.3, 0.4) is 0 Å². The lowest BCUT2D eigenvalue weighted by Crippen LogP contribution is -2.47. The summed E-state index contributed by atoms with van der Waals surface area (Å²) in [6.45, 7) is 0. The van der Waals surface area contributed by atoms with Gasteiger partial charge in [0.05, 0.1) is 0 Å². The van der Waals surface area contributed by atoms with Gasteiger partial charge in [0, 0.05) is 0 Å². The predicted molar refractivity (Wildman–Crippen MR) is 69.7 cm³/mol. The number of hydrogen-bond donors (Lipinski definition) is 2. The van der Waals surface area contributed by atoms with Gasteiger partial charge in [-0.25, -0.2) is 0 Å². The summed E-state index contributed by atoms with van der Waals surface area (Å²) in [4.78, 5) is 11.9. The second-order valence-corrected chi connectivity index (χ2v) is 4.12. The van der Waals surface area contributed by atoms with Crippen LogP contribution in [0.15, 0.2) is 60.7 Å². The third-order valence-electron chi connectivity index (χ3n) is 2.83. The second-order valence-electron chi connectivity index (χ2n) is 4.12. The maximum atomic E-state index is 11.9. The van der Waals surface area contributed by atoms with E-state index in [2.05, 4.69) is 0 Å². The van der Waals surface area contributed by atoms with Crippen LogP contribution in [-0.4, -0.2) is 27.7 Å². The lowest BCUT2D eigenvalue weighted by molar-refractivity contribution is -0.134. The van der Waals surface area contributed by atoms with Crippen LogP contribution in [0, 0.1) is 0 Å². The zero-order chi connectivity index (χ0) is 13.0. The summed E-state index contributed by atoms with van der Waals surface area (Å²) in [7, 11) is 0. The maximum absolute atomic E-state index is 11.9. The SMILES string of the molecule is O=C(C=Cc1ccccc1)C1(O)C=CC=CC1O. The number of ketones is 1. The minimum atomic E-state index is -1.86. The average Bonchev–Trinajstić information content (AvgIpc) is 2.40. The Morgan fingerprint density at radius 2 is 1.94 bits per heavy atom. The first kappa shape index (κ1) is 12.5. The molecule has 2 atom stereocenters. The van der Waals surface area contributed by atoms with Gasteiger partial charge >= 0.3 is 0 Å². The van der Waals surface area contributed by atoms with Crippen molar-refractivity contribution in [3.8, 4) is 0 Å². The Kier molecular flexibility index (Phi) is 3.55. The summed E-state index contributed by atoms with van der Waals surface area (Å²) in [5.41, 5.74) is -1.00. The average molecular weight is 242 g/mol. The van der Waals surface area contributed by atoms with Crippen molar-refractivity contribution in [2.45, 2.75) is 11.7 Å². The van der Waals surface area contributed by atoms with E-state index in [4.69, 9.17) is 0 Å². The number of hydrogen-bond acceptors (Lipinski definition) is 3.